The number of hydrogen-bond donors (Lipinski definition) is 0. The van der Waals surface area contributed by atoms with Gasteiger partial charge in [-0.15, -0.1) is 0 Å². The first-order valence-corrected chi connectivity index (χ1v) is 7.67. The summed E-state index contributed by atoms with van der Waals surface area (Å²) < 4.78 is 17.6. The molecule has 0 aliphatic carbocycles. The van der Waals surface area contributed by atoms with Crippen molar-refractivity contribution in [1.82, 2.24) is 0 Å². The third-order valence-corrected chi connectivity index (χ3v) is 4.39. The molecular weight excluding hydrogens is 332 g/mol. The van der Waals surface area contributed by atoms with Gasteiger partial charge in [0.15, 0.2) is 0 Å². The van der Waals surface area contributed by atoms with Crippen molar-refractivity contribution in [2.75, 3.05) is 14.2 Å². The Balaban J connectivity index is 1.85. The fourth-order valence-corrected chi connectivity index (χ4v) is 3.14. The number of aryl methyl sites for hydroxylation is 1. The van der Waals surface area contributed by atoms with E-state index in [1.165, 1.54) is 11.1 Å². The molecule has 0 radical (unpaired) electrons. The molecular formula is C17H17BrO3. The zero-order valence-electron chi connectivity index (χ0n) is 12.1. The normalized spacial score (nSPS) is 16.8. The molecule has 1 unspecified atom stereocenters. The van der Waals surface area contributed by atoms with Crippen molar-refractivity contribution >= 4 is 15.9 Å². The molecule has 0 amide bonds. The van der Waals surface area contributed by atoms with Crippen LogP contribution in [-0.2, 0) is 6.42 Å². The Morgan fingerprint density at radius 1 is 1.10 bits per heavy atom. The minimum absolute atomic E-state index is 0.0780. The predicted molar refractivity (Wildman–Crippen MR) is 85.4 cm³/mol. The van der Waals surface area contributed by atoms with Gasteiger partial charge in [-0.1, -0.05) is 12.1 Å². The monoisotopic (exact) mass is 348 g/mol. The molecule has 0 N–H and O–H groups in total. The smallest absolute Gasteiger partial charge is 0.136 e. The number of halogens is 1. The van der Waals surface area contributed by atoms with Crippen molar-refractivity contribution in [1.29, 1.82) is 0 Å². The van der Waals surface area contributed by atoms with Gasteiger partial charge < -0.3 is 14.2 Å². The second-order valence-electron chi connectivity index (χ2n) is 5.01. The van der Waals surface area contributed by atoms with Crippen LogP contribution in [0.2, 0.25) is 0 Å². The van der Waals surface area contributed by atoms with Crippen LogP contribution in [0, 0.1) is 0 Å². The van der Waals surface area contributed by atoms with Crippen LogP contribution < -0.4 is 14.2 Å². The van der Waals surface area contributed by atoms with Crippen molar-refractivity contribution in [2.24, 2.45) is 0 Å². The Morgan fingerprint density at radius 3 is 2.52 bits per heavy atom. The Bertz CT molecular complexity index is 637. The van der Waals surface area contributed by atoms with E-state index in [1.54, 1.807) is 14.2 Å². The molecule has 0 fully saturated rings. The molecule has 0 aromatic heterocycles. The molecule has 1 atom stereocenters. The number of benzene rings is 2. The van der Waals surface area contributed by atoms with Gasteiger partial charge >= 0.3 is 0 Å². The Kier molecular flexibility index (Phi) is 4.06. The third kappa shape index (κ3) is 2.86. The van der Waals surface area contributed by atoms with E-state index in [0.717, 1.165) is 34.6 Å². The zero-order chi connectivity index (χ0) is 14.8. The van der Waals surface area contributed by atoms with Gasteiger partial charge in [0.05, 0.1) is 18.7 Å². The highest BCUT2D eigenvalue weighted by Crippen LogP contribution is 2.40. The summed E-state index contributed by atoms with van der Waals surface area (Å²) in [6.07, 6.45) is 2.04. The van der Waals surface area contributed by atoms with Gasteiger partial charge in [0.2, 0.25) is 0 Å². The Morgan fingerprint density at radius 2 is 1.86 bits per heavy atom. The van der Waals surface area contributed by atoms with E-state index >= 15 is 0 Å². The molecule has 0 saturated heterocycles. The van der Waals surface area contributed by atoms with Gasteiger partial charge in [0.25, 0.3) is 0 Å². The van der Waals surface area contributed by atoms with E-state index in [4.69, 9.17) is 14.2 Å². The van der Waals surface area contributed by atoms with Crippen molar-refractivity contribution < 1.29 is 14.2 Å². The van der Waals surface area contributed by atoms with Crippen LogP contribution in [0.15, 0.2) is 40.9 Å². The molecule has 1 aliphatic heterocycles. The fraction of sp³-hybridized carbons (Fsp3) is 0.294. The van der Waals surface area contributed by atoms with E-state index in [2.05, 4.69) is 34.1 Å². The molecule has 3 nitrogen and oxygen atoms in total. The van der Waals surface area contributed by atoms with Crippen LogP contribution in [-0.4, -0.2) is 14.2 Å². The quantitative estimate of drug-likeness (QED) is 0.815. The second-order valence-corrected chi connectivity index (χ2v) is 5.87. The predicted octanol–water partition coefficient (Wildman–Crippen LogP) is 4.53. The summed E-state index contributed by atoms with van der Waals surface area (Å²) in [6, 6.07) is 12.1. The topological polar surface area (TPSA) is 27.7 Å². The van der Waals surface area contributed by atoms with Gasteiger partial charge in [-0.3, -0.25) is 0 Å². The lowest BCUT2D eigenvalue weighted by atomic mass is 9.97. The first-order valence-electron chi connectivity index (χ1n) is 6.88. The average Bonchev–Trinajstić information content (AvgIpc) is 2.54. The molecule has 4 heteroatoms. The fourth-order valence-electron chi connectivity index (χ4n) is 2.59. The molecule has 1 heterocycles. The first-order chi connectivity index (χ1) is 10.2. The molecule has 110 valence electrons. The average molecular weight is 349 g/mol. The number of ether oxygens (including phenoxy) is 3. The maximum absolute atomic E-state index is 6.15. The molecule has 2 aromatic carbocycles. The summed E-state index contributed by atoms with van der Waals surface area (Å²) in [5.74, 6) is 2.56. The molecule has 0 saturated carbocycles. The van der Waals surface area contributed by atoms with E-state index in [-0.39, 0.29) is 6.10 Å². The Hall–Kier alpha value is -1.68. The van der Waals surface area contributed by atoms with E-state index < -0.39 is 0 Å². The summed E-state index contributed by atoms with van der Waals surface area (Å²) in [4.78, 5) is 0. The lowest BCUT2D eigenvalue weighted by Gasteiger charge is -2.27. The lowest BCUT2D eigenvalue weighted by molar-refractivity contribution is 0.175. The summed E-state index contributed by atoms with van der Waals surface area (Å²) in [5.41, 5.74) is 2.38. The maximum Gasteiger partial charge on any atom is 0.136 e. The summed E-state index contributed by atoms with van der Waals surface area (Å²) in [7, 11) is 3.34. The van der Waals surface area contributed by atoms with Crippen LogP contribution in [0.5, 0.6) is 17.2 Å². The highest BCUT2D eigenvalue weighted by atomic mass is 79.9. The summed E-state index contributed by atoms with van der Waals surface area (Å²) in [5, 5.41) is 0. The van der Waals surface area contributed by atoms with Crippen molar-refractivity contribution in [3.8, 4) is 17.2 Å². The highest BCUT2D eigenvalue weighted by Gasteiger charge is 2.22. The zero-order valence-corrected chi connectivity index (χ0v) is 13.6. The van der Waals surface area contributed by atoms with Crippen molar-refractivity contribution in [3.63, 3.8) is 0 Å². The SMILES string of the molecule is COc1ccc(C2CCc3cc(Br)c(OC)cc3O2)cc1. The standard InChI is InChI=1S/C17H17BrO3/c1-19-13-6-3-11(4-7-13)15-8-5-12-9-14(18)17(20-2)10-16(12)21-15/h3-4,6-7,9-10,15H,5,8H2,1-2H3. The minimum Gasteiger partial charge on any atom is -0.497 e. The Labute approximate surface area is 133 Å². The molecule has 2 aromatic rings. The van der Waals surface area contributed by atoms with Gasteiger partial charge in [-0.05, 0) is 58.1 Å². The van der Waals surface area contributed by atoms with Gasteiger partial charge in [0, 0.05) is 6.07 Å². The molecule has 0 bridgehead atoms. The number of methoxy groups -OCH3 is 2. The number of hydrogen-bond acceptors (Lipinski definition) is 3. The van der Waals surface area contributed by atoms with Crippen LogP contribution in [0.4, 0.5) is 0 Å². The number of rotatable bonds is 3. The molecule has 3 rings (SSSR count). The summed E-state index contributed by atoms with van der Waals surface area (Å²) >= 11 is 3.52. The van der Waals surface area contributed by atoms with Gasteiger partial charge in [-0.2, -0.15) is 0 Å². The van der Waals surface area contributed by atoms with Crippen LogP contribution in [0.25, 0.3) is 0 Å². The maximum atomic E-state index is 6.15. The van der Waals surface area contributed by atoms with Crippen LogP contribution >= 0.6 is 15.9 Å². The van der Waals surface area contributed by atoms with E-state index in [1.807, 2.05) is 18.2 Å². The van der Waals surface area contributed by atoms with Crippen LogP contribution in [0.3, 0.4) is 0 Å². The third-order valence-electron chi connectivity index (χ3n) is 3.77. The van der Waals surface area contributed by atoms with E-state index in [9.17, 15) is 0 Å². The molecule has 1 aliphatic rings. The van der Waals surface area contributed by atoms with Gasteiger partial charge in [-0.25, -0.2) is 0 Å². The summed E-state index contributed by atoms with van der Waals surface area (Å²) in [6.45, 7) is 0. The van der Waals surface area contributed by atoms with E-state index in [0.29, 0.717) is 0 Å². The largest absolute Gasteiger partial charge is 0.497 e. The minimum atomic E-state index is 0.0780. The van der Waals surface area contributed by atoms with Crippen molar-refractivity contribution in [2.45, 2.75) is 18.9 Å². The van der Waals surface area contributed by atoms with Crippen molar-refractivity contribution in [3.05, 3.63) is 52.0 Å². The lowest BCUT2D eigenvalue weighted by Crippen LogP contribution is -2.15. The highest BCUT2D eigenvalue weighted by molar-refractivity contribution is 9.10. The van der Waals surface area contributed by atoms with Crippen LogP contribution in [0.1, 0.15) is 23.7 Å². The molecule has 21 heavy (non-hydrogen) atoms. The second kappa shape index (κ2) is 5.98. The van der Waals surface area contributed by atoms with Gasteiger partial charge in [0.1, 0.15) is 23.4 Å². The molecule has 0 spiro atoms. The first kappa shape index (κ1) is 14.3. The number of fused-ring (bicyclic) bond motifs is 1.